The van der Waals surface area contributed by atoms with Gasteiger partial charge in [0.15, 0.2) is 0 Å². The molecule has 0 atom stereocenters. The van der Waals surface area contributed by atoms with Gasteiger partial charge in [0, 0.05) is 35.9 Å². The van der Waals surface area contributed by atoms with E-state index in [0.29, 0.717) is 11.4 Å². The SMILES string of the molecule is CCc1cc(C)n(C2=CC(=O)C(n3cc(CC)cc3C)=CC2=O)c1. The fourth-order valence-electron chi connectivity index (χ4n) is 3.11. The first-order valence-electron chi connectivity index (χ1n) is 8.33. The minimum absolute atomic E-state index is 0.142. The van der Waals surface area contributed by atoms with Crippen LogP contribution in [0.25, 0.3) is 11.4 Å². The zero-order valence-electron chi connectivity index (χ0n) is 14.6. The van der Waals surface area contributed by atoms with Gasteiger partial charge in [-0.25, -0.2) is 0 Å². The maximum atomic E-state index is 12.6. The average molecular weight is 322 g/mol. The summed E-state index contributed by atoms with van der Waals surface area (Å²) >= 11 is 0. The molecule has 0 spiro atoms. The molecule has 3 rings (SSSR count). The Morgan fingerprint density at radius 2 is 1.12 bits per heavy atom. The first kappa shape index (κ1) is 16.2. The summed E-state index contributed by atoms with van der Waals surface area (Å²) in [6, 6.07) is 4.09. The van der Waals surface area contributed by atoms with Crippen LogP contribution in [-0.2, 0) is 22.4 Å². The van der Waals surface area contributed by atoms with Crippen molar-refractivity contribution >= 4 is 23.0 Å². The molecule has 0 bridgehead atoms. The summed E-state index contributed by atoms with van der Waals surface area (Å²) in [4.78, 5) is 25.3. The average Bonchev–Trinajstić information content (AvgIpc) is 3.11. The highest BCUT2D eigenvalue weighted by atomic mass is 16.1. The molecule has 124 valence electrons. The number of allylic oxidation sites excluding steroid dienone is 4. The summed E-state index contributed by atoms with van der Waals surface area (Å²) in [6.45, 7) is 8.03. The molecule has 4 heteroatoms. The Labute approximate surface area is 142 Å². The Hall–Kier alpha value is -2.62. The van der Waals surface area contributed by atoms with Gasteiger partial charge in [0.1, 0.15) is 0 Å². The number of nitrogens with zero attached hydrogens (tertiary/aromatic N) is 2. The Bertz CT molecular complexity index is 817. The van der Waals surface area contributed by atoms with Gasteiger partial charge >= 0.3 is 0 Å². The molecule has 1 aliphatic carbocycles. The minimum atomic E-state index is -0.142. The van der Waals surface area contributed by atoms with E-state index in [-0.39, 0.29) is 11.6 Å². The molecule has 0 radical (unpaired) electrons. The zero-order valence-corrected chi connectivity index (χ0v) is 14.6. The van der Waals surface area contributed by atoms with Gasteiger partial charge in [-0.2, -0.15) is 0 Å². The van der Waals surface area contributed by atoms with Crippen LogP contribution in [0.3, 0.4) is 0 Å². The van der Waals surface area contributed by atoms with E-state index in [4.69, 9.17) is 0 Å². The number of hydrogen-bond donors (Lipinski definition) is 0. The van der Waals surface area contributed by atoms with Crippen molar-refractivity contribution in [1.29, 1.82) is 0 Å². The van der Waals surface area contributed by atoms with Crippen LogP contribution >= 0.6 is 0 Å². The van der Waals surface area contributed by atoms with E-state index in [1.807, 2.05) is 47.5 Å². The molecule has 0 aromatic carbocycles. The molecule has 2 aromatic rings. The lowest BCUT2D eigenvalue weighted by molar-refractivity contribution is -0.113. The van der Waals surface area contributed by atoms with E-state index in [1.54, 1.807) is 0 Å². The molecule has 2 aromatic heterocycles. The second-order valence-electron chi connectivity index (χ2n) is 6.21. The largest absolute Gasteiger partial charge is 0.317 e. The normalized spacial score (nSPS) is 14.8. The van der Waals surface area contributed by atoms with Crippen LogP contribution in [0.1, 0.15) is 36.4 Å². The van der Waals surface area contributed by atoms with Crippen LogP contribution in [0, 0.1) is 13.8 Å². The van der Waals surface area contributed by atoms with Crippen molar-refractivity contribution in [1.82, 2.24) is 9.13 Å². The molecule has 0 N–H and O–H groups in total. The number of ketones is 2. The van der Waals surface area contributed by atoms with Gasteiger partial charge in [-0.1, -0.05) is 13.8 Å². The second-order valence-corrected chi connectivity index (χ2v) is 6.21. The smallest absolute Gasteiger partial charge is 0.204 e. The van der Waals surface area contributed by atoms with Crippen molar-refractivity contribution in [2.75, 3.05) is 0 Å². The van der Waals surface area contributed by atoms with E-state index in [0.717, 1.165) is 35.4 Å². The molecular formula is C20H22N2O2. The van der Waals surface area contributed by atoms with Crippen LogP contribution in [0.15, 0.2) is 36.7 Å². The van der Waals surface area contributed by atoms with E-state index < -0.39 is 0 Å². The Morgan fingerprint density at radius 1 is 0.750 bits per heavy atom. The predicted octanol–water partition coefficient (Wildman–Crippen LogP) is 3.57. The number of carbonyl (C=O) groups is 2. The fourth-order valence-corrected chi connectivity index (χ4v) is 3.11. The third kappa shape index (κ3) is 2.68. The van der Waals surface area contributed by atoms with E-state index in [1.165, 1.54) is 12.2 Å². The number of hydrogen-bond acceptors (Lipinski definition) is 2. The van der Waals surface area contributed by atoms with E-state index >= 15 is 0 Å². The molecule has 0 unspecified atom stereocenters. The fraction of sp³-hybridized carbons (Fsp3) is 0.300. The highest BCUT2D eigenvalue weighted by molar-refractivity contribution is 6.39. The molecule has 0 fully saturated rings. The summed E-state index contributed by atoms with van der Waals surface area (Å²) in [5, 5.41) is 0. The van der Waals surface area contributed by atoms with Crippen molar-refractivity contribution in [2.45, 2.75) is 40.5 Å². The van der Waals surface area contributed by atoms with Gasteiger partial charge in [-0.3, -0.25) is 9.59 Å². The molecular weight excluding hydrogens is 300 g/mol. The molecule has 0 aliphatic heterocycles. The number of aromatic nitrogens is 2. The summed E-state index contributed by atoms with van der Waals surface area (Å²) < 4.78 is 3.62. The Morgan fingerprint density at radius 3 is 1.42 bits per heavy atom. The lowest BCUT2D eigenvalue weighted by Gasteiger charge is -2.16. The van der Waals surface area contributed by atoms with Gasteiger partial charge in [0.2, 0.25) is 11.6 Å². The molecule has 0 amide bonds. The Kier molecular flexibility index (Phi) is 4.14. The third-order valence-corrected chi connectivity index (χ3v) is 4.51. The van der Waals surface area contributed by atoms with E-state index in [2.05, 4.69) is 13.8 Å². The first-order chi connectivity index (χ1) is 11.4. The summed E-state index contributed by atoms with van der Waals surface area (Å²) in [5.74, 6) is -0.283. The van der Waals surface area contributed by atoms with Crippen LogP contribution in [0.2, 0.25) is 0 Å². The van der Waals surface area contributed by atoms with Crippen LogP contribution in [-0.4, -0.2) is 20.7 Å². The first-order valence-corrected chi connectivity index (χ1v) is 8.33. The number of carbonyl (C=O) groups excluding carboxylic acids is 2. The van der Waals surface area contributed by atoms with Crippen LogP contribution < -0.4 is 0 Å². The predicted molar refractivity (Wildman–Crippen MR) is 95.7 cm³/mol. The molecule has 24 heavy (non-hydrogen) atoms. The van der Waals surface area contributed by atoms with Crippen LogP contribution in [0.4, 0.5) is 0 Å². The summed E-state index contributed by atoms with van der Waals surface area (Å²) in [7, 11) is 0. The number of rotatable bonds is 4. The standard InChI is InChI=1S/C20H22N2O2/c1-5-15-7-13(3)21(11-15)17-9-20(24)18(10-19(17)23)22-12-16(6-2)8-14(22)4/h7-12H,5-6H2,1-4H3. The zero-order chi connectivity index (χ0) is 17.4. The van der Waals surface area contributed by atoms with Gasteiger partial charge in [-0.05, 0) is 49.9 Å². The molecule has 4 nitrogen and oxygen atoms in total. The van der Waals surface area contributed by atoms with E-state index in [9.17, 15) is 9.59 Å². The highest BCUT2D eigenvalue weighted by Gasteiger charge is 2.24. The van der Waals surface area contributed by atoms with Crippen molar-refractivity contribution in [3.63, 3.8) is 0 Å². The highest BCUT2D eigenvalue weighted by Crippen LogP contribution is 2.24. The topological polar surface area (TPSA) is 44.0 Å². The van der Waals surface area contributed by atoms with Crippen molar-refractivity contribution in [2.24, 2.45) is 0 Å². The summed E-state index contributed by atoms with van der Waals surface area (Å²) in [6.07, 6.45) is 8.56. The molecule has 0 saturated carbocycles. The lowest BCUT2D eigenvalue weighted by atomic mass is 10.1. The molecule has 0 saturated heterocycles. The second kappa shape index (κ2) is 6.11. The van der Waals surface area contributed by atoms with Crippen molar-refractivity contribution < 1.29 is 9.59 Å². The monoisotopic (exact) mass is 322 g/mol. The lowest BCUT2D eigenvalue weighted by Crippen LogP contribution is -2.19. The van der Waals surface area contributed by atoms with Gasteiger partial charge in [0.05, 0.1) is 11.4 Å². The quantitative estimate of drug-likeness (QED) is 0.808. The minimum Gasteiger partial charge on any atom is -0.317 e. The maximum Gasteiger partial charge on any atom is 0.204 e. The van der Waals surface area contributed by atoms with Crippen molar-refractivity contribution in [3.05, 3.63) is 59.2 Å². The van der Waals surface area contributed by atoms with Crippen LogP contribution in [0.5, 0.6) is 0 Å². The Balaban J connectivity index is 2.00. The van der Waals surface area contributed by atoms with Gasteiger partial charge < -0.3 is 9.13 Å². The number of aryl methyl sites for hydroxylation is 4. The van der Waals surface area contributed by atoms with Gasteiger partial charge in [-0.15, -0.1) is 0 Å². The molecule has 2 heterocycles. The summed E-state index contributed by atoms with van der Waals surface area (Å²) in [5.41, 5.74) is 5.06. The third-order valence-electron chi connectivity index (χ3n) is 4.51. The van der Waals surface area contributed by atoms with Crippen molar-refractivity contribution in [3.8, 4) is 0 Å². The molecule has 1 aliphatic rings. The van der Waals surface area contributed by atoms with Gasteiger partial charge in [0.25, 0.3) is 0 Å². The maximum absolute atomic E-state index is 12.6.